The molecule has 120 valence electrons. The van der Waals surface area contributed by atoms with Gasteiger partial charge in [0.1, 0.15) is 5.60 Å². The minimum Gasteiger partial charge on any atom is -0.444 e. The van der Waals surface area contributed by atoms with Gasteiger partial charge in [0.05, 0.1) is 0 Å². The first-order valence-corrected chi connectivity index (χ1v) is 7.69. The monoisotopic (exact) mass is 286 g/mol. The molecule has 1 atom stereocenters. The van der Waals surface area contributed by atoms with Crippen LogP contribution < -0.4 is 0 Å². The second kappa shape index (κ2) is 8.50. The first kappa shape index (κ1) is 19.2. The van der Waals surface area contributed by atoms with E-state index in [2.05, 4.69) is 32.7 Å². The molecular weight excluding hydrogens is 252 g/mol. The van der Waals surface area contributed by atoms with Gasteiger partial charge in [-0.2, -0.15) is 0 Å². The number of amides is 1. The zero-order valence-electron chi connectivity index (χ0n) is 14.7. The molecule has 0 aliphatic carbocycles. The smallest absolute Gasteiger partial charge is 0.410 e. The van der Waals surface area contributed by atoms with Gasteiger partial charge in [0.15, 0.2) is 0 Å². The standard InChI is InChI=1S/C16H34N2O2/c1-13(2)14(3)17(7)11-9-10-12-18(8)15(19)20-16(4,5)6/h13-14H,9-12H2,1-8H3. The predicted molar refractivity (Wildman–Crippen MR) is 85.0 cm³/mol. The molecule has 1 amide bonds. The maximum absolute atomic E-state index is 11.8. The molecule has 0 fully saturated rings. The van der Waals surface area contributed by atoms with Crippen LogP contribution in [0.15, 0.2) is 0 Å². The average Bonchev–Trinajstić information content (AvgIpc) is 2.30. The summed E-state index contributed by atoms with van der Waals surface area (Å²) in [7, 11) is 3.97. The van der Waals surface area contributed by atoms with Crippen LogP contribution in [0.25, 0.3) is 0 Å². The fourth-order valence-electron chi connectivity index (χ4n) is 1.85. The number of carbonyl (C=O) groups excluding carboxylic acids is 1. The normalized spacial score (nSPS) is 13.7. The lowest BCUT2D eigenvalue weighted by Crippen LogP contribution is -2.36. The molecule has 0 saturated heterocycles. The zero-order chi connectivity index (χ0) is 15.9. The van der Waals surface area contributed by atoms with Gasteiger partial charge in [-0.05, 0) is 60.0 Å². The number of hydrogen-bond acceptors (Lipinski definition) is 3. The summed E-state index contributed by atoms with van der Waals surface area (Å²) >= 11 is 0. The lowest BCUT2D eigenvalue weighted by Gasteiger charge is -2.28. The van der Waals surface area contributed by atoms with Crippen molar-refractivity contribution in [3.63, 3.8) is 0 Å². The molecule has 0 saturated carbocycles. The fraction of sp³-hybridized carbons (Fsp3) is 0.938. The molecule has 1 unspecified atom stereocenters. The molecule has 0 bridgehead atoms. The Kier molecular flexibility index (Phi) is 8.17. The molecule has 0 heterocycles. The van der Waals surface area contributed by atoms with Crippen LogP contribution in [0.3, 0.4) is 0 Å². The lowest BCUT2D eigenvalue weighted by molar-refractivity contribution is 0.0295. The number of nitrogens with zero attached hydrogens (tertiary/aromatic N) is 2. The molecule has 0 radical (unpaired) electrons. The summed E-state index contributed by atoms with van der Waals surface area (Å²) in [5.74, 6) is 0.671. The summed E-state index contributed by atoms with van der Waals surface area (Å²) in [4.78, 5) is 15.8. The zero-order valence-corrected chi connectivity index (χ0v) is 14.7. The van der Waals surface area contributed by atoms with E-state index >= 15 is 0 Å². The van der Waals surface area contributed by atoms with Crippen LogP contribution >= 0.6 is 0 Å². The van der Waals surface area contributed by atoms with Crippen molar-refractivity contribution in [2.75, 3.05) is 27.2 Å². The van der Waals surface area contributed by atoms with Gasteiger partial charge in [0.2, 0.25) is 0 Å². The first-order chi connectivity index (χ1) is 9.04. The van der Waals surface area contributed by atoms with Gasteiger partial charge >= 0.3 is 6.09 Å². The molecule has 0 aromatic carbocycles. The third-order valence-corrected chi connectivity index (χ3v) is 3.62. The quantitative estimate of drug-likeness (QED) is 0.670. The van der Waals surface area contributed by atoms with E-state index in [0.29, 0.717) is 12.0 Å². The Hall–Kier alpha value is -0.770. The van der Waals surface area contributed by atoms with E-state index in [4.69, 9.17) is 4.74 Å². The fourth-order valence-corrected chi connectivity index (χ4v) is 1.85. The largest absolute Gasteiger partial charge is 0.444 e. The van der Waals surface area contributed by atoms with Gasteiger partial charge in [-0.1, -0.05) is 13.8 Å². The third-order valence-electron chi connectivity index (χ3n) is 3.62. The van der Waals surface area contributed by atoms with Crippen LogP contribution in [0.5, 0.6) is 0 Å². The summed E-state index contributed by atoms with van der Waals surface area (Å²) in [6, 6.07) is 0.596. The predicted octanol–water partition coefficient (Wildman–Crippen LogP) is 3.61. The Balaban J connectivity index is 3.87. The van der Waals surface area contributed by atoms with E-state index in [-0.39, 0.29) is 6.09 Å². The third kappa shape index (κ3) is 8.41. The van der Waals surface area contributed by atoms with Crippen LogP contribution in [0.1, 0.15) is 54.4 Å². The van der Waals surface area contributed by atoms with Crippen LogP contribution in [0, 0.1) is 5.92 Å². The van der Waals surface area contributed by atoms with Crippen molar-refractivity contribution in [3.05, 3.63) is 0 Å². The van der Waals surface area contributed by atoms with Crippen LogP contribution in [-0.4, -0.2) is 54.7 Å². The SMILES string of the molecule is CC(C)C(C)N(C)CCCCN(C)C(=O)OC(C)(C)C. The number of rotatable bonds is 7. The molecule has 0 aromatic rings. The average molecular weight is 286 g/mol. The summed E-state index contributed by atoms with van der Waals surface area (Å²) < 4.78 is 5.32. The molecule has 4 heteroatoms. The van der Waals surface area contributed by atoms with E-state index in [1.165, 1.54) is 0 Å². The number of ether oxygens (including phenoxy) is 1. The minimum absolute atomic E-state index is 0.235. The number of unbranched alkanes of at least 4 members (excludes halogenated alkanes) is 1. The highest BCUT2D eigenvalue weighted by molar-refractivity contribution is 5.67. The Labute approximate surface area is 125 Å². The Morgan fingerprint density at radius 1 is 1.05 bits per heavy atom. The van der Waals surface area contributed by atoms with Crippen molar-refractivity contribution in [2.45, 2.75) is 66.0 Å². The van der Waals surface area contributed by atoms with Crippen molar-refractivity contribution >= 4 is 6.09 Å². The molecule has 4 nitrogen and oxygen atoms in total. The van der Waals surface area contributed by atoms with E-state index in [9.17, 15) is 4.79 Å². The van der Waals surface area contributed by atoms with E-state index in [1.54, 1.807) is 11.9 Å². The highest BCUT2D eigenvalue weighted by atomic mass is 16.6. The second-order valence-electron chi connectivity index (χ2n) is 7.07. The Bertz CT molecular complexity index is 285. The van der Waals surface area contributed by atoms with Gasteiger partial charge in [-0.15, -0.1) is 0 Å². The van der Waals surface area contributed by atoms with Crippen LogP contribution in [0.4, 0.5) is 4.79 Å². The molecule has 0 aliphatic rings. The number of hydrogen-bond donors (Lipinski definition) is 0. The molecule has 0 aliphatic heterocycles. The molecule has 20 heavy (non-hydrogen) atoms. The van der Waals surface area contributed by atoms with Gasteiger partial charge < -0.3 is 14.5 Å². The van der Waals surface area contributed by atoms with Crippen molar-refractivity contribution in [1.82, 2.24) is 9.80 Å². The number of carbonyl (C=O) groups is 1. The van der Waals surface area contributed by atoms with Crippen LogP contribution in [-0.2, 0) is 4.74 Å². The van der Waals surface area contributed by atoms with Crippen molar-refractivity contribution in [2.24, 2.45) is 5.92 Å². The van der Waals surface area contributed by atoms with Gasteiger partial charge in [0, 0.05) is 19.6 Å². The van der Waals surface area contributed by atoms with Gasteiger partial charge in [-0.3, -0.25) is 0 Å². The highest BCUT2D eigenvalue weighted by Crippen LogP contribution is 2.11. The molecule has 0 rings (SSSR count). The topological polar surface area (TPSA) is 32.8 Å². The summed E-state index contributed by atoms with van der Waals surface area (Å²) in [5.41, 5.74) is -0.418. The van der Waals surface area contributed by atoms with E-state index in [0.717, 1.165) is 25.9 Å². The van der Waals surface area contributed by atoms with Crippen molar-refractivity contribution in [1.29, 1.82) is 0 Å². The Morgan fingerprint density at radius 2 is 1.55 bits per heavy atom. The molecule has 0 N–H and O–H groups in total. The Morgan fingerprint density at radius 3 is 2.00 bits per heavy atom. The molecule has 0 spiro atoms. The second-order valence-corrected chi connectivity index (χ2v) is 7.07. The molecular formula is C16H34N2O2. The minimum atomic E-state index is -0.418. The first-order valence-electron chi connectivity index (χ1n) is 7.69. The maximum atomic E-state index is 11.8. The van der Waals surface area contributed by atoms with Crippen molar-refractivity contribution in [3.8, 4) is 0 Å². The van der Waals surface area contributed by atoms with Crippen molar-refractivity contribution < 1.29 is 9.53 Å². The van der Waals surface area contributed by atoms with E-state index < -0.39 is 5.60 Å². The summed E-state index contributed by atoms with van der Waals surface area (Å²) in [6.45, 7) is 14.2. The van der Waals surface area contributed by atoms with Gasteiger partial charge in [-0.25, -0.2) is 4.79 Å². The van der Waals surface area contributed by atoms with E-state index in [1.807, 2.05) is 20.8 Å². The van der Waals surface area contributed by atoms with Crippen LogP contribution in [0.2, 0.25) is 0 Å². The lowest BCUT2D eigenvalue weighted by atomic mass is 10.1. The molecule has 0 aromatic heterocycles. The maximum Gasteiger partial charge on any atom is 0.410 e. The summed E-state index contributed by atoms with van der Waals surface area (Å²) in [6.07, 6.45) is 1.87. The van der Waals surface area contributed by atoms with Gasteiger partial charge in [0.25, 0.3) is 0 Å². The highest BCUT2D eigenvalue weighted by Gasteiger charge is 2.19. The summed E-state index contributed by atoms with van der Waals surface area (Å²) in [5, 5.41) is 0.